The molecular weight excluding hydrogens is 344 g/mol. The van der Waals surface area contributed by atoms with Gasteiger partial charge in [-0.05, 0) is 23.6 Å². The van der Waals surface area contributed by atoms with Gasteiger partial charge in [-0.25, -0.2) is 0 Å². The number of hydrogen-bond donors (Lipinski definition) is 1. The number of phenols is 1. The predicted octanol–water partition coefficient (Wildman–Crippen LogP) is 4.47. The minimum absolute atomic E-state index is 0.0311. The van der Waals surface area contributed by atoms with E-state index in [0.717, 1.165) is 5.39 Å². The molecule has 3 rings (SSSR count). The maximum Gasteiger partial charge on any atom is 0.189 e. The Labute approximate surface area is 157 Å². The summed E-state index contributed by atoms with van der Waals surface area (Å²) in [5, 5.41) is 12.0. The maximum absolute atomic E-state index is 12.7. The van der Waals surface area contributed by atoms with Crippen molar-refractivity contribution in [3.8, 4) is 23.0 Å². The Bertz CT molecular complexity index is 995. The second-order valence-electron chi connectivity index (χ2n) is 5.83. The number of phenolic OH excluding ortho intramolecular Hbond substituents is 1. The Balaban J connectivity index is 1.99. The van der Waals surface area contributed by atoms with E-state index in [1.54, 1.807) is 37.5 Å². The molecule has 0 aliphatic carbocycles. The molecule has 1 N–H and O–H groups in total. The lowest BCUT2D eigenvalue weighted by atomic mass is 10.0. The van der Waals surface area contributed by atoms with E-state index in [9.17, 15) is 9.90 Å². The van der Waals surface area contributed by atoms with Crippen LogP contribution in [0, 0.1) is 0 Å². The van der Waals surface area contributed by atoms with Crippen LogP contribution in [0.4, 0.5) is 0 Å². The van der Waals surface area contributed by atoms with E-state index in [-0.39, 0.29) is 17.1 Å². The molecular formula is C22H20O5. The number of benzene rings is 3. The number of rotatable bonds is 6. The van der Waals surface area contributed by atoms with Gasteiger partial charge in [0.2, 0.25) is 0 Å². The van der Waals surface area contributed by atoms with E-state index in [0.29, 0.717) is 28.2 Å². The molecule has 3 aromatic carbocycles. The summed E-state index contributed by atoms with van der Waals surface area (Å²) in [6.45, 7) is 0. The molecule has 0 aliphatic heterocycles. The van der Waals surface area contributed by atoms with Crippen molar-refractivity contribution in [2.24, 2.45) is 0 Å². The molecule has 27 heavy (non-hydrogen) atoms. The summed E-state index contributed by atoms with van der Waals surface area (Å²) in [7, 11) is 4.61. The molecule has 0 spiro atoms. The zero-order valence-corrected chi connectivity index (χ0v) is 15.4. The fourth-order valence-corrected chi connectivity index (χ4v) is 2.90. The normalized spacial score (nSPS) is 10.9. The first-order chi connectivity index (χ1) is 13.1. The van der Waals surface area contributed by atoms with E-state index in [1.165, 1.54) is 20.3 Å². The first-order valence-corrected chi connectivity index (χ1v) is 8.32. The first kappa shape index (κ1) is 18.3. The van der Waals surface area contributed by atoms with Gasteiger partial charge in [-0.15, -0.1) is 0 Å². The molecule has 5 nitrogen and oxygen atoms in total. The zero-order chi connectivity index (χ0) is 19.4. The van der Waals surface area contributed by atoms with Crippen molar-refractivity contribution in [1.82, 2.24) is 0 Å². The molecule has 0 saturated heterocycles. The van der Waals surface area contributed by atoms with Crippen LogP contribution in [0.3, 0.4) is 0 Å². The quantitative estimate of drug-likeness (QED) is 0.516. The van der Waals surface area contributed by atoms with Crippen LogP contribution < -0.4 is 14.2 Å². The minimum atomic E-state index is -0.321. The SMILES string of the molecule is COc1cc(OC)c(/C=C/C(=O)c2ccc3ccccc3c2O)c(OC)c1. The molecule has 0 aliphatic rings. The first-order valence-electron chi connectivity index (χ1n) is 8.32. The summed E-state index contributed by atoms with van der Waals surface area (Å²) in [5.74, 6) is 1.25. The molecule has 0 amide bonds. The summed E-state index contributed by atoms with van der Waals surface area (Å²) >= 11 is 0. The standard InChI is InChI=1S/C22H20O5/c1-25-15-12-20(26-2)18(21(13-15)27-3)10-11-19(23)17-9-8-14-6-4-5-7-16(14)22(17)24/h4-13,24H,1-3H3/b11-10+. The monoisotopic (exact) mass is 364 g/mol. The van der Waals surface area contributed by atoms with Gasteiger partial charge in [0.05, 0.1) is 32.5 Å². The lowest BCUT2D eigenvalue weighted by Crippen LogP contribution is -1.97. The number of allylic oxidation sites excluding steroid dienone is 1. The van der Waals surface area contributed by atoms with E-state index in [1.807, 2.05) is 24.3 Å². The van der Waals surface area contributed by atoms with E-state index < -0.39 is 0 Å². The largest absolute Gasteiger partial charge is 0.507 e. The van der Waals surface area contributed by atoms with Gasteiger partial charge in [-0.2, -0.15) is 0 Å². The van der Waals surface area contributed by atoms with Crippen LogP contribution >= 0.6 is 0 Å². The second-order valence-corrected chi connectivity index (χ2v) is 5.83. The Morgan fingerprint density at radius 2 is 1.59 bits per heavy atom. The van der Waals surface area contributed by atoms with Gasteiger partial charge in [0.25, 0.3) is 0 Å². The zero-order valence-electron chi connectivity index (χ0n) is 15.4. The molecule has 138 valence electrons. The molecule has 0 fully saturated rings. The van der Waals surface area contributed by atoms with Gasteiger partial charge in [-0.3, -0.25) is 4.79 Å². The van der Waals surface area contributed by atoms with Crippen LogP contribution in [0.1, 0.15) is 15.9 Å². The molecule has 0 aromatic heterocycles. The number of ether oxygens (including phenoxy) is 3. The lowest BCUT2D eigenvalue weighted by molar-refractivity contribution is 0.104. The number of ketones is 1. The average Bonchev–Trinajstić information content (AvgIpc) is 2.71. The number of carbonyl (C=O) groups excluding carboxylic acids is 1. The highest BCUT2D eigenvalue weighted by atomic mass is 16.5. The second kappa shape index (κ2) is 7.83. The smallest absolute Gasteiger partial charge is 0.189 e. The molecule has 0 radical (unpaired) electrons. The van der Waals surface area contributed by atoms with Gasteiger partial charge in [0.1, 0.15) is 23.0 Å². The van der Waals surface area contributed by atoms with Crippen LogP contribution in [-0.4, -0.2) is 32.2 Å². The highest BCUT2D eigenvalue weighted by molar-refractivity contribution is 6.12. The van der Waals surface area contributed by atoms with Gasteiger partial charge >= 0.3 is 0 Å². The van der Waals surface area contributed by atoms with E-state index >= 15 is 0 Å². The molecule has 0 bridgehead atoms. The molecule has 5 heteroatoms. The summed E-state index contributed by atoms with van der Waals surface area (Å²) in [4.78, 5) is 12.7. The van der Waals surface area contributed by atoms with Crippen LogP contribution in [-0.2, 0) is 0 Å². The van der Waals surface area contributed by atoms with Crippen LogP contribution in [0.2, 0.25) is 0 Å². The Morgan fingerprint density at radius 1 is 0.926 bits per heavy atom. The van der Waals surface area contributed by atoms with Gasteiger partial charge < -0.3 is 19.3 Å². The molecule has 0 heterocycles. The fourth-order valence-electron chi connectivity index (χ4n) is 2.90. The van der Waals surface area contributed by atoms with E-state index in [2.05, 4.69) is 0 Å². The Morgan fingerprint density at radius 3 is 2.22 bits per heavy atom. The number of aromatic hydroxyl groups is 1. The third-order valence-electron chi connectivity index (χ3n) is 4.32. The van der Waals surface area contributed by atoms with Crippen molar-refractivity contribution >= 4 is 22.6 Å². The van der Waals surface area contributed by atoms with Gasteiger partial charge in [0, 0.05) is 17.5 Å². The lowest BCUT2D eigenvalue weighted by Gasteiger charge is -2.12. The van der Waals surface area contributed by atoms with E-state index in [4.69, 9.17) is 14.2 Å². The summed E-state index contributed by atoms with van der Waals surface area (Å²) in [5.41, 5.74) is 0.839. The summed E-state index contributed by atoms with van der Waals surface area (Å²) in [6, 6.07) is 14.2. The van der Waals surface area contributed by atoms with Crippen molar-refractivity contribution < 1.29 is 24.1 Å². The molecule has 0 atom stereocenters. The number of methoxy groups -OCH3 is 3. The van der Waals surface area contributed by atoms with Crippen molar-refractivity contribution in [1.29, 1.82) is 0 Å². The third kappa shape index (κ3) is 3.58. The highest BCUT2D eigenvalue weighted by Gasteiger charge is 2.14. The summed E-state index contributed by atoms with van der Waals surface area (Å²) < 4.78 is 16.0. The average molecular weight is 364 g/mol. The number of carbonyl (C=O) groups is 1. The van der Waals surface area contributed by atoms with Crippen molar-refractivity contribution in [2.45, 2.75) is 0 Å². The summed E-state index contributed by atoms with van der Waals surface area (Å²) in [6.07, 6.45) is 2.99. The maximum atomic E-state index is 12.7. The Hall–Kier alpha value is -3.47. The van der Waals surface area contributed by atoms with Gasteiger partial charge in [-0.1, -0.05) is 30.3 Å². The van der Waals surface area contributed by atoms with Crippen LogP contribution in [0.5, 0.6) is 23.0 Å². The number of hydrogen-bond acceptors (Lipinski definition) is 5. The topological polar surface area (TPSA) is 65.0 Å². The van der Waals surface area contributed by atoms with Crippen LogP contribution in [0.15, 0.2) is 54.6 Å². The van der Waals surface area contributed by atoms with Crippen molar-refractivity contribution in [3.05, 3.63) is 65.7 Å². The predicted molar refractivity (Wildman–Crippen MR) is 105 cm³/mol. The molecule has 0 saturated carbocycles. The molecule has 3 aromatic rings. The number of fused-ring (bicyclic) bond motifs is 1. The third-order valence-corrected chi connectivity index (χ3v) is 4.32. The minimum Gasteiger partial charge on any atom is -0.507 e. The Kier molecular flexibility index (Phi) is 5.31. The van der Waals surface area contributed by atoms with Crippen LogP contribution in [0.25, 0.3) is 16.8 Å². The van der Waals surface area contributed by atoms with Crippen molar-refractivity contribution in [3.63, 3.8) is 0 Å². The fraction of sp³-hybridized carbons (Fsp3) is 0.136. The van der Waals surface area contributed by atoms with Crippen molar-refractivity contribution in [2.75, 3.05) is 21.3 Å². The molecule has 0 unspecified atom stereocenters. The van der Waals surface area contributed by atoms with Gasteiger partial charge in [0.15, 0.2) is 5.78 Å². The highest BCUT2D eigenvalue weighted by Crippen LogP contribution is 2.35.